The van der Waals surface area contributed by atoms with Crippen LogP contribution < -0.4 is 4.74 Å². The van der Waals surface area contributed by atoms with Crippen molar-refractivity contribution in [2.75, 3.05) is 6.61 Å². The molecular formula is C30H31ClN2O3. The van der Waals surface area contributed by atoms with E-state index in [2.05, 4.69) is 22.8 Å². The zero-order valence-corrected chi connectivity index (χ0v) is 21.5. The molecule has 0 spiro atoms. The predicted octanol–water partition coefficient (Wildman–Crippen LogP) is 7.87. The fourth-order valence-electron chi connectivity index (χ4n) is 5.66. The molecule has 0 amide bonds. The minimum atomic E-state index is -0.915. The van der Waals surface area contributed by atoms with Crippen molar-refractivity contribution >= 4 is 28.6 Å². The fraction of sp³-hybridized carbons (Fsp3) is 0.333. The van der Waals surface area contributed by atoms with Crippen LogP contribution in [0, 0.1) is 19.8 Å². The second kappa shape index (κ2) is 10.4. The van der Waals surface area contributed by atoms with Crippen molar-refractivity contribution in [1.29, 1.82) is 0 Å². The maximum Gasteiger partial charge on any atom is 0.335 e. The molecule has 4 aromatic rings. The number of benzene rings is 3. The van der Waals surface area contributed by atoms with Gasteiger partial charge < -0.3 is 14.4 Å². The Kier molecular flexibility index (Phi) is 7.01. The number of nitrogens with zero attached hydrogens (tertiary/aromatic N) is 2. The maximum atomic E-state index is 11.4. The summed E-state index contributed by atoms with van der Waals surface area (Å²) < 4.78 is 8.70. The molecule has 1 aliphatic rings. The first-order valence-corrected chi connectivity index (χ1v) is 13.0. The van der Waals surface area contributed by atoms with Crippen molar-refractivity contribution in [3.63, 3.8) is 0 Å². The molecule has 0 saturated heterocycles. The summed E-state index contributed by atoms with van der Waals surface area (Å²) in [7, 11) is 0. The van der Waals surface area contributed by atoms with E-state index in [1.807, 2.05) is 44.2 Å². The topological polar surface area (TPSA) is 64.3 Å². The zero-order chi connectivity index (χ0) is 25.2. The van der Waals surface area contributed by atoms with Crippen LogP contribution in [-0.2, 0) is 0 Å². The van der Waals surface area contributed by atoms with Crippen LogP contribution in [-0.4, -0.2) is 27.2 Å². The van der Waals surface area contributed by atoms with Gasteiger partial charge in [0.1, 0.15) is 11.6 Å². The van der Waals surface area contributed by atoms with Crippen molar-refractivity contribution in [3.05, 3.63) is 82.4 Å². The van der Waals surface area contributed by atoms with Crippen LogP contribution in [0.2, 0.25) is 5.02 Å². The third-order valence-electron chi connectivity index (χ3n) is 7.34. The Balaban J connectivity index is 1.42. The fourth-order valence-corrected chi connectivity index (χ4v) is 5.79. The van der Waals surface area contributed by atoms with Crippen LogP contribution in [0.25, 0.3) is 22.4 Å². The molecule has 0 radical (unpaired) electrons. The number of ether oxygens (including phenoxy) is 1. The molecule has 36 heavy (non-hydrogen) atoms. The van der Waals surface area contributed by atoms with Crippen LogP contribution in [0.15, 0.2) is 60.7 Å². The smallest absolute Gasteiger partial charge is 0.335 e. The summed E-state index contributed by atoms with van der Waals surface area (Å²) in [6, 6.07) is 20.0. The number of carboxylic acids is 1. The number of aryl methyl sites for hydroxylation is 2. The lowest BCUT2D eigenvalue weighted by Gasteiger charge is -2.34. The molecule has 6 heteroatoms. The Morgan fingerprint density at radius 1 is 1.06 bits per heavy atom. The van der Waals surface area contributed by atoms with E-state index in [-0.39, 0.29) is 0 Å². The molecule has 3 aromatic carbocycles. The number of fused-ring (bicyclic) bond motifs is 1. The number of halogens is 1. The normalized spacial score (nSPS) is 17.9. The number of carboxylic acid groups (broad SMARTS) is 1. The van der Waals surface area contributed by atoms with E-state index < -0.39 is 5.97 Å². The summed E-state index contributed by atoms with van der Waals surface area (Å²) in [4.78, 5) is 16.4. The van der Waals surface area contributed by atoms with E-state index in [9.17, 15) is 9.90 Å². The standard InChI is InChI=1S/C30H31ClN2O3/c1-19-17-23(30(34)35)18-20(2)28(19)36-16-15-21-7-3-5-9-26(21)33-27-10-6-4-8-25(27)32-29(33)22-11-13-24(31)14-12-22/h4,6,8,10-14,17-18,21,26H,3,5,7,9,15-16H2,1-2H3,(H,34,35). The second-order valence-corrected chi connectivity index (χ2v) is 10.2. The average Bonchev–Trinajstić information content (AvgIpc) is 3.25. The first-order chi connectivity index (χ1) is 17.4. The first-order valence-electron chi connectivity index (χ1n) is 12.6. The summed E-state index contributed by atoms with van der Waals surface area (Å²) in [6.07, 6.45) is 5.60. The van der Waals surface area contributed by atoms with Gasteiger partial charge in [0.25, 0.3) is 0 Å². The van der Waals surface area contributed by atoms with Gasteiger partial charge in [-0.15, -0.1) is 0 Å². The van der Waals surface area contributed by atoms with E-state index in [1.54, 1.807) is 12.1 Å². The lowest BCUT2D eigenvalue weighted by Crippen LogP contribution is -2.25. The van der Waals surface area contributed by atoms with Crippen molar-refractivity contribution in [2.24, 2.45) is 5.92 Å². The third-order valence-corrected chi connectivity index (χ3v) is 7.59. The van der Waals surface area contributed by atoms with Crippen molar-refractivity contribution in [1.82, 2.24) is 9.55 Å². The molecule has 0 bridgehead atoms. The molecule has 1 aromatic heterocycles. The molecule has 0 aliphatic heterocycles. The van der Waals surface area contributed by atoms with Gasteiger partial charge in [-0.25, -0.2) is 9.78 Å². The van der Waals surface area contributed by atoms with Gasteiger partial charge in [-0.2, -0.15) is 0 Å². The SMILES string of the molecule is Cc1cc(C(=O)O)cc(C)c1OCCC1CCCCC1n1c(-c2ccc(Cl)cc2)nc2ccccc21. The lowest BCUT2D eigenvalue weighted by atomic mass is 9.82. The van der Waals surface area contributed by atoms with Crippen LogP contribution >= 0.6 is 11.6 Å². The number of aromatic nitrogens is 2. The number of imidazole rings is 1. The Labute approximate surface area is 216 Å². The zero-order valence-electron chi connectivity index (χ0n) is 20.7. The van der Waals surface area contributed by atoms with E-state index in [4.69, 9.17) is 21.3 Å². The summed E-state index contributed by atoms with van der Waals surface area (Å²) in [5, 5.41) is 10.0. The second-order valence-electron chi connectivity index (χ2n) is 9.79. The number of rotatable bonds is 7. The van der Waals surface area contributed by atoms with Gasteiger partial charge in [-0.3, -0.25) is 0 Å². The highest BCUT2D eigenvalue weighted by Crippen LogP contribution is 2.41. The predicted molar refractivity (Wildman–Crippen MR) is 144 cm³/mol. The van der Waals surface area contributed by atoms with Crippen LogP contribution in [0.3, 0.4) is 0 Å². The van der Waals surface area contributed by atoms with Gasteiger partial charge in [0.15, 0.2) is 0 Å². The lowest BCUT2D eigenvalue weighted by molar-refractivity contribution is 0.0696. The van der Waals surface area contributed by atoms with Crippen molar-refractivity contribution in [3.8, 4) is 17.1 Å². The number of hydrogen-bond acceptors (Lipinski definition) is 3. The molecule has 1 heterocycles. The highest BCUT2D eigenvalue weighted by Gasteiger charge is 2.30. The average molecular weight is 503 g/mol. The van der Waals surface area contributed by atoms with Gasteiger partial charge in [0, 0.05) is 16.6 Å². The van der Waals surface area contributed by atoms with Crippen molar-refractivity contribution < 1.29 is 14.6 Å². The molecule has 186 valence electrons. The minimum Gasteiger partial charge on any atom is -0.493 e. The number of aromatic carboxylic acids is 1. The molecule has 5 rings (SSSR count). The summed E-state index contributed by atoms with van der Waals surface area (Å²) in [6.45, 7) is 4.42. The Morgan fingerprint density at radius 3 is 2.47 bits per heavy atom. The van der Waals surface area contributed by atoms with Gasteiger partial charge in [-0.1, -0.05) is 36.6 Å². The molecular weight excluding hydrogens is 472 g/mol. The molecule has 5 nitrogen and oxygen atoms in total. The van der Waals surface area contributed by atoms with E-state index >= 15 is 0 Å². The quantitative estimate of drug-likeness (QED) is 0.279. The van der Waals surface area contributed by atoms with Gasteiger partial charge in [0.05, 0.1) is 23.2 Å². The molecule has 1 fully saturated rings. The number of hydrogen-bond donors (Lipinski definition) is 1. The molecule has 2 atom stereocenters. The molecule has 1 N–H and O–H groups in total. The number of carbonyl (C=O) groups is 1. The van der Waals surface area contributed by atoms with Crippen molar-refractivity contribution in [2.45, 2.75) is 52.0 Å². The minimum absolute atomic E-state index is 0.298. The number of para-hydroxylation sites is 2. The highest BCUT2D eigenvalue weighted by molar-refractivity contribution is 6.30. The largest absolute Gasteiger partial charge is 0.493 e. The van der Waals surface area contributed by atoms with Gasteiger partial charge in [-0.05, 0) is 98.7 Å². The van der Waals surface area contributed by atoms with Crippen LogP contribution in [0.5, 0.6) is 5.75 Å². The molecule has 1 saturated carbocycles. The maximum absolute atomic E-state index is 11.4. The highest BCUT2D eigenvalue weighted by atomic mass is 35.5. The van der Waals surface area contributed by atoms with E-state index in [0.717, 1.165) is 63.6 Å². The third kappa shape index (κ3) is 4.85. The Bertz CT molecular complexity index is 1370. The summed E-state index contributed by atoms with van der Waals surface area (Å²) in [5.74, 6) is 1.33. The van der Waals surface area contributed by atoms with Gasteiger partial charge in [0.2, 0.25) is 0 Å². The summed E-state index contributed by atoms with van der Waals surface area (Å²) in [5.41, 5.74) is 5.26. The Hall–Kier alpha value is -3.31. The van der Waals surface area contributed by atoms with Crippen LogP contribution in [0.1, 0.15) is 59.6 Å². The summed E-state index contributed by atoms with van der Waals surface area (Å²) >= 11 is 6.17. The monoisotopic (exact) mass is 502 g/mol. The van der Waals surface area contributed by atoms with Crippen LogP contribution in [0.4, 0.5) is 0 Å². The first kappa shape index (κ1) is 24.4. The van der Waals surface area contributed by atoms with Gasteiger partial charge >= 0.3 is 5.97 Å². The molecule has 2 unspecified atom stereocenters. The Morgan fingerprint density at radius 2 is 1.75 bits per heavy atom. The molecule has 1 aliphatic carbocycles. The van der Waals surface area contributed by atoms with E-state index in [0.29, 0.717) is 24.1 Å². The van der Waals surface area contributed by atoms with E-state index in [1.165, 1.54) is 12.8 Å².